The molecule has 19 heavy (non-hydrogen) atoms. The zero-order valence-electron chi connectivity index (χ0n) is 11.0. The number of rotatable bonds is 6. The zero-order valence-corrected chi connectivity index (χ0v) is 11.0. The lowest BCUT2D eigenvalue weighted by Crippen LogP contribution is -2.23. The fraction of sp³-hybridized carbons (Fsp3) is 0.357. The van der Waals surface area contributed by atoms with Gasteiger partial charge < -0.3 is 5.32 Å². The van der Waals surface area contributed by atoms with Gasteiger partial charge in [-0.1, -0.05) is 13.0 Å². The summed E-state index contributed by atoms with van der Waals surface area (Å²) in [5, 5.41) is 9.91. The molecule has 0 spiro atoms. The van der Waals surface area contributed by atoms with Gasteiger partial charge in [0, 0.05) is 18.8 Å². The molecule has 5 nitrogen and oxygen atoms in total. The summed E-state index contributed by atoms with van der Waals surface area (Å²) in [4.78, 5) is 15.7. The Labute approximate surface area is 112 Å². The van der Waals surface area contributed by atoms with Crippen LogP contribution in [0.3, 0.4) is 0 Å². The van der Waals surface area contributed by atoms with E-state index >= 15 is 0 Å². The van der Waals surface area contributed by atoms with Crippen LogP contribution in [0, 0.1) is 0 Å². The van der Waals surface area contributed by atoms with Crippen LogP contribution in [0.15, 0.2) is 30.6 Å². The molecule has 5 heteroatoms. The topological polar surface area (TPSA) is 70.7 Å². The summed E-state index contributed by atoms with van der Waals surface area (Å²) in [6.45, 7) is 2.55. The third-order valence-electron chi connectivity index (χ3n) is 2.89. The van der Waals surface area contributed by atoms with Gasteiger partial charge in [0.2, 0.25) is 5.91 Å². The summed E-state index contributed by atoms with van der Waals surface area (Å²) in [5.41, 5.74) is 3.03. The smallest absolute Gasteiger partial charge is 0.220 e. The molecule has 0 bridgehead atoms. The van der Waals surface area contributed by atoms with Crippen LogP contribution in [0.25, 0.3) is 0 Å². The number of aryl methyl sites for hydroxylation is 2. The van der Waals surface area contributed by atoms with E-state index in [1.807, 2.05) is 25.1 Å². The number of carbonyl (C=O) groups is 1. The lowest BCUT2D eigenvalue weighted by molar-refractivity contribution is -0.121. The minimum Gasteiger partial charge on any atom is -0.350 e. The SMILES string of the molecule is CCc1cc(CNC(=O)CCc2cccnc2)[nH]n1. The average Bonchev–Trinajstić information content (AvgIpc) is 2.92. The van der Waals surface area contributed by atoms with Crippen LogP contribution in [0.5, 0.6) is 0 Å². The molecule has 2 aromatic heterocycles. The van der Waals surface area contributed by atoms with Crippen LogP contribution >= 0.6 is 0 Å². The molecule has 0 saturated heterocycles. The van der Waals surface area contributed by atoms with Crippen molar-refractivity contribution in [3.05, 3.63) is 47.5 Å². The number of pyridine rings is 1. The molecule has 0 aromatic carbocycles. The number of aromatic nitrogens is 3. The first-order valence-electron chi connectivity index (χ1n) is 6.46. The Balaban J connectivity index is 1.73. The Morgan fingerprint density at radius 1 is 1.47 bits per heavy atom. The number of hydrogen-bond acceptors (Lipinski definition) is 3. The number of nitrogens with one attached hydrogen (secondary N) is 2. The highest BCUT2D eigenvalue weighted by atomic mass is 16.1. The molecule has 100 valence electrons. The Kier molecular flexibility index (Phi) is 4.66. The largest absolute Gasteiger partial charge is 0.350 e. The van der Waals surface area contributed by atoms with Crippen molar-refractivity contribution in [3.8, 4) is 0 Å². The van der Waals surface area contributed by atoms with E-state index in [0.29, 0.717) is 19.4 Å². The maximum atomic E-state index is 11.7. The number of aromatic amines is 1. The molecule has 0 saturated carbocycles. The number of H-pyrrole nitrogens is 1. The van der Waals surface area contributed by atoms with Crippen molar-refractivity contribution in [1.29, 1.82) is 0 Å². The maximum Gasteiger partial charge on any atom is 0.220 e. The van der Waals surface area contributed by atoms with Crippen LogP contribution in [0.4, 0.5) is 0 Å². The number of amides is 1. The van der Waals surface area contributed by atoms with Gasteiger partial charge in [0.1, 0.15) is 0 Å². The minimum atomic E-state index is 0.0384. The molecule has 2 aromatic rings. The van der Waals surface area contributed by atoms with Crippen molar-refractivity contribution in [3.63, 3.8) is 0 Å². The summed E-state index contributed by atoms with van der Waals surface area (Å²) >= 11 is 0. The van der Waals surface area contributed by atoms with Crippen LogP contribution in [0.1, 0.15) is 30.3 Å². The van der Waals surface area contributed by atoms with Gasteiger partial charge in [-0.05, 0) is 30.5 Å². The van der Waals surface area contributed by atoms with E-state index in [4.69, 9.17) is 0 Å². The summed E-state index contributed by atoms with van der Waals surface area (Å²) < 4.78 is 0. The predicted octanol–water partition coefficient (Wildman–Crippen LogP) is 1.62. The lowest BCUT2D eigenvalue weighted by atomic mass is 10.1. The molecular formula is C14H18N4O. The third kappa shape index (κ3) is 4.21. The summed E-state index contributed by atoms with van der Waals surface area (Å²) in [7, 11) is 0. The molecule has 0 aliphatic heterocycles. The normalized spacial score (nSPS) is 10.4. The van der Waals surface area contributed by atoms with E-state index in [0.717, 1.165) is 23.4 Å². The Morgan fingerprint density at radius 3 is 3.05 bits per heavy atom. The van der Waals surface area contributed by atoms with Crippen molar-refractivity contribution in [1.82, 2.24) is 20.5 Å². The first-order valence-corrected chi connectivity index (χ1v) is 6.46. The van der Waals surface area contributed by atoms with E-state index < -0.39 is 0 Å². The second-order valence-electron chi connectivity index (χ2n) is 4.38. The molecule has 2 N–H and O–H groups in total. The first kappa shape index (κ1) is 13.3. The predicted molar refractivity (Wildman–Crippen MR) is 72.4 cm³/mol. The van der Waals surface area contributed by atoms with Gasteiger partial charge in [-0.2, -0.15) is 5.10 Å². The second-order valence-corrected chi connectivity index (χ2v) is 4.38. The van der Waals surface area contributed by atoms with Crippen LogP contribution in [-0.4, -0.2) is 21.1 Å². The fourth-order valence-electron chi connectivity index (χ4n) is 1.77. The molecule has 0 aliphatic rings. The van der Waals surface area contributed by atoms with Gasteiger partial charge in [0.05, 0.1) is 17.9 Å². The first-order chi connectivity index (χ1) is 9.28. The van der Waals surface area contributed by atoms with Crippen LogP contribution < -0.4 is 5.32 Å². The van der Waals surface area contributed by atoms with Crippen molar-refractivity contribution in [2.24, 2.45) is 0 Å². The zero-order chi connectivity index (χ0) is 13.5. The Morgan fingerprint density at radius 2 is 2.37 bits per heavy atom. The van der Waals surface area contributed by atoms with Gasteiger partial charge in [-0.3, -0.25) is 14.9 Å². The highest BCUT2D eigenvalue weighted by Crippen LogP contribution is 2.02. The molecule has 0 fully saturated rings. The van der Waals surface area contributed by atoms with Gasteiger partial charge in [-0.15, -0.1) is 0 Å². The number of hydrogen-bond donors (Lipinski definition) is 2. The molecule has 1 amide bonds. The van der Waals surface area contributed by atoms with Gasteiger partial charge in [0.15, 0.2) is 0 Å². The van der Waals surface area contributed by atoms with Crippen LogP contribution in [-0.2, 0) is 24.2 Å². The van der Waals surface area contributed by atoms with Crippen molar-refractivity contribution >= 4 is 5.91 Å². The lowest BCUT2D eigenvalue weighted by Gasteiger charge is -2.03. The standard InChI is InChI=1S/C14H18N4O/c1-2-12-8-13(18-17-12)10-16-14(19)6-5-11-4-3-7-15-9-11/h3-4,7-9H,2,5-6,10H2,1H3,(H,16,19)(H,17,18). The van der Waals surface area contributed by atoms with Crippen molar-refractivity contribution in [2.75, 3.05) is 0 Å². The van der Waals surface area contributed by atoms with E-state index in [1.54, 1.807) is 12.4 Å². The van der Waals surface area contributed by atoms with Crippen LogP contribution in [0.2, 0.25) is 0 Å². The van der Waals surface area contributed by atoms with Gasteiger partial charge in [-0.25, -0.2) is 0 Å². The Bertz CT molecular complexity index is 521. The molecule has 2 heterocycles. The van der Waals surface area contributed by atoms with E-state index in [9.17, 15) is 4.79 Å². The maximum absolute atomic E-state index is 11.7. The van der Waals surface area contributed by atoms with Crippen molar-refractivity contribution < 1.29 is 4.79 Å². The number of carbonyl (C=O) groups excluding carboxylic acids is 1. The van der Waals surface area contributed by atoms with E-state index in [-0.39, 0.29) is 5.91 Å². The summed E-state index contributed by atoms with van der Waals surface area (Å²) in [6, 6.07) is 5.83. The average molecular weight is 258 g/mol. The monoisotopic (exact) mass is 258 g/mol. The van der Waals surface area contributed by atoms with Gasteiger partial charge in [0.25, 0.3) is 0 Å². The highest BCUT2D eigenvalue weighted by molar-refractivity contribution is 5.76. The Hall–Kier alpha value is -2.17. The molecule has 0 unspecified atom stereocenters. The van der Waals surface area contributed by atoms with Gasteiger partial charge >= 0.3 is 0 Å². The molecule has 0 atom stereocenters. The third-order valence-corrected chi connectivity index (χ3v) is 2.89. The second kappa shape index (κ2) is 6.68. The molecule has 0 aliphatic carbocycles. The highest BCUT2D eigenvalue weighted by Gasteiger charge is 2.04. The molecule has 0 radical (unpaired) electrons. The van der Waals surface area contributed by atoms with E-state index in [2.05, 4.69) is 20.5 Å². The quantitative estimate of drug-likeness (QED) is 0.827. The summed E-state index contributed by atoms with van der Waals surface area (Å²) in [6.07, 6.45) is 5.59. The number of nitrogens with zero attached hydrogens (tertiary/aromatic N) is 2. The summed E-state index contributed by atoms with van der Waals surface area (Å²) in [5.74, 6) is 0.0384. The van der Waals surface area contributed by atoms with E-state index in [1.165, 1.54) is 0 Å². The minimum absolute atomic E-state index is 0.0384. The fourth-order valence-corrected chi connectivity index (χ4v) is 1.77. The van der Waals surface area contributed by atoms with Crippen molar-refractivity contribution in [2.45, 2.75) is 32.7 Å². The molecular weight excluding hydrogens is 240 g/mol. The molecule has 2 rings (SSSR count).